The first-order valence-corrected chi connectivity index (χ1v) is 6.15. The van der Waals surface area contributed by atoms with E-state index in [9.17, 15) is 4.79 Å². The molecule has 2 rings (SSSR count). The predicted molar refractivity (Wildman–Crippen MR) is 66.6 cm³/mol. The van der Waals surface area contributed by atoms with Gasteiger partial charge < -0.3 is 4.90 Å². The van der Waals surface area contributed by atoms with Gasteiger partial charge in [0, 0.05) is 18.7 Å². The number of benzene rings is 1. The molecule has 16 heavy (non-hydrogen) atoms. The van der Waals surface area contributed by atoms with Crippen LogP contribution in [0.3, 0.4) is 0 Å². The number of amides is 1. The second-order valence-corrected chi connectivity index (χ2v) is 5.20. The Morgan fingerprint density at radius 1 is 1.31 bits per heavy atom. The average Bonchev–Trinajstić information content (AvgIpc) is 2.68. The molecule has 0 spiro atoms. The molecule has 1 aliphatic heterocycles. The molecule has 0 radical (unpaired) electrons. The fourth-order valence-electron chi connectivity index (χ4n) is 1.71. The zero-order valence-corrected chi connectivity index (χ0v) is 10.7. The Hall–Kier alpha value is -0.440. The first-order chi connectivity index (χ1) is 7.58. The van der Waals surface area contributed by atoms with E-state index in [1.54, 1.807) is 23.1 Å². The maximum absolute atomic E-state index is 12.0. The summed E-state index contributed by atoms with van der Waals surface area (Å²) in [6.45, 7) is 1.30. The Balaban J connectivity index is 2.18. The van der Waals surface area contributed by atoms with Crippen molar-refractivity contribution in [1.82, 2.24) is 4.90 Å². The minimum absolute atomic E-state index is 0.0401. The topological polar surface area (TPSA) is 20.3 Å². The lowest BCUT2D eigenvalue weighted by molar-refractivity contribution is 0.0793. The quantitative estimate of drug-likeness (QED) is 0.721. The van der Waals surface area contributed by atoms with Gasteiger partial charge in [-0.1, -0.05) is 23.2 Å². The summed E-state index contributed by atoms with van der Waals surface area (Å²) < 4.78 is 0. The van der Waals surface area contributed by atoms with Crippen LogP contribution < -0.4 is 0 Å². The van der Waals surface area contributed by atoms with Crippen molar-refractivity contribution in [3.63, 3.8) is 0 Å². The molecule has 0 bridgehead atoms. The van der Waals surface area contributed by atoms with Crippen molar-refractivity contribution in [2.45, 2.75) is 11.8 Å². The molecule has 1 saturated heterocycles. The number of alkyl halides is 1. The summed E-state index contributed by atoms with van der Waals surface area (Å²) in [5.41, 5.74) is 0.556. The largest absolute Gasteiger partial charge is 0.337 e. The molecule has 1 heterocycles. The lowest BCUT2D eigenvalue weighted by Crippen LogP contribution is -2.28. The Morgan fingerprint density at radius 2 is 2.06 bits per heavy atom. The first kappa shape index (κ1) is 12.0. The highest BCUT2D eigenvalue weighted by molar-refractivity contribution is 6.42. The summed E-state index contributed by atoms with van der Waals surface area (Å²) in [4.78, 5) is 13.8. The second-order valence-electron chi connectivity index (χ2n) is 3.77. The number of hydrogen-bond acceptors (Lipinski definition) is 1. The van der Waals surface area contributed by atoms with Crippen molar-refractivity contribution >= 4 is 40.7 Å². The highest BCUT2D eigenvalue weighted by atomic mass is 35.5. The van der Waals surface area contributed by atoms with E-state index in [1.165, 1.54) is 0 Å². The molecule has 5 heteroatoms. The number of nitrogens with zero attached hydrogens (tertiary/aromatic N) is 1. The van der Waals surface area contributed by atoms with E-state index in [1.807, 2.05) is 0 Å². The van der Waals surface area contributed by atoms with Crippen LogP contribution >= 0.6 is 34.8 Å². The third kappa shape index (κ3) is 2.45. The van der Waals surface area contributed by atoms with E-state index in [4.69, 9.17) is 34.8 Å². The number of carbonyl (C=O) groups excluding carboxylic acids is 1. The van der Waals surface area contributed by atoms with Gasteiger partial charge in [-0.2, -0.15) is 0 Å². The number of halogens is 3. The fraction of sp³-hybridized carbons (Fsp3) is 0.364. The standard InChI is InChI=1S/C11H10Cl3NO/c12-8-3-4-15(6-8)11(16)7-1-2-9(13)10(14)5-7/h1-2,5,8H,3-4,6H2. The van der Waals surface area contributed by atoms with Crippen LogP contribution in [0.25, 0.3) is 0 Å². The minimum atomic E-state index is -0.0401. The van der Waals surface area contributed by atoms with Gasteiger partial charge in [-0.3, -0.25) is 4.79 Å². The summed E-state index contributed by atoms with van der Waals surface area (Å²) in [6.07, 6.45) is 0.842. The van der Waals surface area contributed by atoms with Crippen LogP contribution in [0.4, 0.5) is 0 Å². The van der Waals surface area contributed by atoms with Gasteiger partial charge in [-0.25, -0.2) is 0 Å². The average molecular weight is 279 g/mol. The maximum Gasteiger partial charge on any atom is 0.253 e. The van der Waals surface area contributed by atoms with Gasteiger partial charge in [0.05, 0.1) is 15.4 Å². The summed E-state index contributed by atoms with van der Waals surface area (Å²) in [5, 5.41) is 0.913. The Bertz CT molecular complexity index is 422. The molecular weight excluding hydrogens is 268 g/mol. The molecule has 1 amide bonds. The van der Waals surface area contributed by atoms with Gasteiger partial charge >= 0.3 is 0 Å². The number of likely N-dealkylation sites (tertiary alicyclic amines) is 1. The molecule has 86 valence electrons. The maximum atomic E-state index is 12.0. The van der Waals surface area contributed by atoms with Crippen LogP contribution in [0.2, 0.25) is 10.0 Å². The molecule has 1 atom stereocenters. The smallest absolute Gasteiger partial charge is 0.253 e. The van der Waals surface area contributed by atoms with E-state index in [0.29, 0.717) is 28.7 Å². The minimum Gasteiger partial charge on any atom is -0.337 e. The fourth-order valence-corrected chi connectivity index (χ4v) is 2.28. The highest BCUT2D eigenvalue weighted by Crippen LogP contribution is 2.24. The summed E-state index contributed by atoms with van der Waals surface area (Å²) in [6, 6.07) is 4.90. The molecule has 1 fully saturated rings. The normalized spacial score (nSPS) is 20.2. The molecule has 0 aliphatic carbocycles. The molecule has 1 aliphatic rings. The molecule has 1 aromatic rings. The van der Waals surface area contributed by atoms with Crippen molar-refractivity contribution in [3.8, 4) is 0 Å². The van der Waals surface area contributed by atoms with Gasteiger partial charge in [0.15, 0.2) is 0 Å². The van der Waals surface area contributed by atoms with Crippen LogP contribution in [-0.4, -0.2) is 29.3 Å². The Kier molecular flexibility index (Phi) is 3.63. The molecular formula is C11H10Cl3NO. The van der Waals surface area contributed by atoms with Crippen molar-refractivity contribution < 1.29 is 4.79 Å². The number of rotatable bonds is 1. The van der Waals surface area contributed by atoms with Crippen LogP contribution in [0.1, 0.15) is 16.8 Å². The van der Waals surface area contributed by atoms with E-state index in [-0.39, 0.29) is 11.3 Å². The van der Waals surface area contributed by atoms with E-state index in [2.05, 4.69) is 0 Å². The lowest BCUT2D eigenvalue weighted by atomic mass is 10.2. The lowest BCUT2D eigenvalue weighted by Gasteiger charge is -2.15. The molecule has 0 aromatic heterocycles. The zero-order chi connectivity index (χ0) is 11.7. The van der Waals surface area contributed by atoms with Crippen molar-refractivity contribution in [2.75, 3.05) is 13.1 Å². The Morgan fingerprint density at radius 3 is 2.62 bits per heavy atom. The summed E-state index contributed by atoms with van der Waals surface area (Å²) in [7, 11) is 0. The van der Waals surface area contributed by atoms with Crippen molar-refractivity contribution in [1.29, 1.82) is 0 Å². The van der Waals surface area contributed by atoms with Crippen LogP contribution in [-0.2, 0) is 0 Å². The third-order valence-electron chi connectivity index (χ3n) is 2.58. The van der Waals surface area contributed by atoms with Gasteiger partial charge in [0.2, 0.25) is 0 Å². The van der Waals surface area contributed by atoms with Gasteiger partial charge in [0.25, 0.3) is 5.91 Å². The van der Waals surface area contributed by atoms with E-state index in [0.717, 1.165) is 6.42 Å². The van der Waals surface area contributed by atoms with Gasteiger partial charge in [0.1, 0.15) is 0 Å². The summed E-state index contributed by atoms with van der Waals surface area (Å²) >= 11 is 17.6. The van der Waals surface area contributed by atoms with Crippen LogP contribution in [0.15, 0.2) is 18.2 Å². The van der Waals surface area contributed by atoms with E-state index < -0.39 is 0 Å². The van der Waals surface area contributed by atoms with Gasteiger partial charge in [-0.05, 0) is 24.6 Å². The van der Waals surface area contributed by atoms with Crippen LogP contribution in [0, 0.1) is 0 Å². The Labute approximate surface area is 109 Å². The molecule has 2 nitrogen and oxygen atoms in total. The van der Waals surface area contributed by atoms with E-state index >= 15 is 0 Å². The second kappa shape index (κ2) is 4.82. The molecule has 0 saturated carbocycles. The van der Waals surface area contributed by atoms with Crippen molar-refractivity contribution in [3.05, 3.63) is 33.8 Å². The monoisotopic (exact) mass is 277 g/mol. The van der Waals surface area contributed by atoms with Crippen molar-refractivity contribution in [2.24, 2.45) is 0 Å². The molecule has 1 unspecified atom stereocenters. The number of hydrogen-bond donors (Lipinski definition) is 0. The number of carbonyl (C=O) groups is 1. The molecule has 0 N–H and O–H groups in total. The summed E-state index contributed by atoms with van der Waals surface area (Å²) in [5.74, 6) is -0.0401. The van der Waals surface area contributed by atoms with Crippen LogP contribution in [0.5, 0.6) is 0 Å². The predicted octanol–water partition coefficient (Wildman–Crippen LogP) is 3.45. The molecule has 1 aromatic carbocycles. The first-order valence-electron chi connectivity index (χ1n) is 4.96. The highest BCUT2D eigenvalue weighted by Gasteiger charge is 2.25. The van der Waals surface area contributed by atoms with Gasteiger partial charge in [-0.15, -0.1) is 11.6 Å². The zero-order valence-electron chi connectivity index (χ0n) is 8.42. The third-order valence-corrected chi connectivity index (χ3v) is 3.68. The SMILES string of the molecule is O=C(c1ccc(Cl)c(Cl)c1)N1CCC(Cl)C1.